The zero-order chi connectivity index (χ0) is 15.2. The fourth-order valence-electron chi connectivity index (χ4n) is 2.30. The highest BCUT2D eigenvalue weighted by Gasteiger charge is 2.19. The number of aromatic hydroxyl groups is 1. The monoisotopic (exact) mass is 286 g/mol. The molecule has 2 aromatic carbocycles. The molecule has 0 aliphatic rings. The van der Waals surface area contributed by atoms with Gasteiger partial charge in [0.25, 0.3) is 0 Å². The van der Waals surface area contributed by atoms with E-state index in [9.17, 15) is 15.0 Å². The van der Waals surface area contributed by atoms with Gasteiger partial charge >= 0.3 is 5.97 Å². The maximum Gasteiger partial charge on any atom is 0.307 e. The Kier molecular flexibility index (Phi) is 4.82. The van der Waals surface area contributed by atoms with Gasteiger partial charge in [-0.2, -0.15) is 0 Å². The Labute approximate surface area is 123 Å². The van der Waals surface area contributed by atoms with Crippen LogP contribution in [0.2, 0.25) is 0 Å². The van der Waals surface area contributed by atoms with Crippen LogP contribution in [-0.2, 0) is 17.6 Å². The smallest absolute Gasteiger partial charge is 0.307 e. The molecule has 110 valence electrons. The molecular weight excluding hydrogens is 268 g/mol. The number of hydrogen-bond donors (Lipinski definition) is 2. The topological polar surface area (TPSA) is 66.8 Å². The van der Waals surface area contributed by atoms with Gasteiger partial charge in [-0.3, -0.25) is 4.79 Å². The summed E-state index contributed by atoms with van der Waals surface area (Å²) in [7, 11) is 1.58. The molecule has 2 rings (SSSR count). The number of rotatable bonds is 6. The number of ether oxygens (including phenoxy) is 1. The van der Waals surface area contributed by atoms with E-state index >= 15 is 0 Å². The Hall–Kier alpha value is -2.49. The fraction of sp³-hybridized carbons (Fsp3) is 0.235. The van der Waals surface area contributed by atoms with E-state index in [1.165, 1.54) is 0 Å². The van der Waals surface area contributed by atoms with E-state index in [4.69, 9.17) is 4.74 Å². The predicted octanol–water partition coefficient (Wildman–Crippen LogP) is 2.89. The molecule has 0 fully saturated rings. The summed E-state index contributed by atoms with van der Waals surface area (Å²) in [5.41, 5.74) is 1.73. The summed E-state index contributed by atoms with van der Waals surface area (Å²) in [4.78, 5) is 11.5. The standard InChI is InChI=1S/C17H18O4/c1-21-16-7-3-5-13(11-16)9-14(17(19)20)8-12-4-2-6-15(18)10-12/h2-7,10-11,14,18H,8-9H2,1H3,(H,19,20). The highest BCUT2D eigenvalue weighted by atomic mass is 16.5. The van der Waals surface area contributed by atoms with Crippen LogP contribution in [0.15, 0.2) is 48.5 Å². The number of carboxylic acid groups (broad SMARTS) is 1. The Morgan fingerprint density at radius 1 is 1.10 bits per heavy atom. The molecule has 0 saturated carbocycles. The van der Waals surface area contributed by atoms with E-state index in [2.05, 4.69) is 0 Å². The lowest BCUT2D eigenvalue weighted by molar-refractivity contribution is -0.141. The zero-order valence-electron chi connectivity index (χ0n) is 11.8. The van der Waals surface area contributed by atoms with E-state index in [0.29, 0.717) is 18.6 Å². The molecule has 2 aromatic rings. The van der Waals surface area contributed by atoms with Gasteiger partial charge in [-0.15, -0.1) is 0 Å². The molecule has 1 atom stereocenters. The Morgan fingerprint density at radius 3 is 2.29 bits per heavy atom. The summed E-state index contributed by atoms with van der Waals surface area (Å²) in [5.74, 6) is -0.521. The van der Waals surface area contributed by atoms with Gasteiger partial charge in [-0.1, -0.05) is 24.3 Å². The van der Waals surface area contributed by atoms with Crippen LogP contribution in [-0.4, -0.2) is 23.3 Å². The molecule has 4 nitrogen and oxygen atoms in total. The lowest BCUT2D eigenvalue weighted by atomic mass is 9.92. The molecule has 0 spiro atoms. The van der Waals surface area contributed by atoms with Gasteiger partial charge in [0.1, 0.15) is 11.5 Å². The van der Waals surface area contributed by atoms with E-state index in [-0.39, 0.29) is 5.75 Å². The second-order valence-corrected chi connectivity index (χ2v) is 4.96. The summed E-state index contributed by atoms with van der Waals surface area (Å²) >= 11 is 0. The van der Waals surface area contributed by atoms with Crippen molar-refractivity contribution in [2.75, 3.05) is 7.11 Å². The Morgan fingerprint density at radius 2 is 1.71 bits per heavy atom. The Balaban J connectivity index is 2.13. The summed E-state index contributed by atoms with van der Waals surface area (Å²) in [6, 6.07) is 14.1. The quantitative estimate of drug-likeness (QED) is 0.857. The molecule has 0 radical (unpaired) electrons. The SMILES string of the molecule is COc1cccc(CC(Cc2cccc(O)c2)C(=O)O)c1. The van der Waals surface area contributed by atoms with Crippen LogP contribution in [0.3, 0.4) is 0 Å². The van der Waals surface area contributed by atoms with Gasteiger partial charge in [0.05, 0.1) is 13.0 Å². The molecule has 0 aromatic heterocycles. The van der Waals surface area contributed by atoms with Crippen molar-refractivity contribution in [3.8, 4) is 11.5 Å². The molecule has 0 bridgehead atoms. The van der Waals surface area contributed by atoms with Crippen molar-refractivity contribution in [2.24, 2.45) is 5.92 Å². The van der Waals surface area contributed by atoms with Gasteiger partial charge in [0.2, 0.25) is 0 Å². The molecule has 0 aliphatic carbocycles. The van der Waals surface area contributed by atoms with E-state index in [1.54, 1.807) is 25.3 Å². The number of phenols is 1. The van der Waals surface area contributed by atoms with Crippen molar-refractivity contribution in [3.63, 3.8) is 0 Å². The van der Waals surface area contributed by atoms with Gasteiger partial charge in [0, 0.05) is 0 Å². The molecule has 2 N–H and O–H groups in total. The Bertz CT molecular complexity index is 622. The van der Waals surface area contributed by atoms with Crippen molar-refractivity contribution in [2.45, 2.75) is 12.8 Å². The van der Waals surface area contributed by atoms with Crippen LogP contribution in [0.1, 0.15) is 11.1 Å². The van der Waals surface area contributed by atoms with Crippen LogP contribution in [0.4, 0.5) is 0 Å². The predicted molar refractivity (Wildman–Crippen MR) is 79.6 cm³/mol. The zero-order valence-corrected chi connectivity index (χ0v) is 11.8. The number of aliphatic carboxylic acids is 1. The third-order valence-corrected chi connectivity index (χ3v) is 3.36. The van der Waals surface area contributed by atoms with E-state index in [0.717, 1.165) is 11.1 Å². The summed E-state index contributed by atoms with van der Waals surface area (Å²) < 4.78 is 5.15. The molecule has 0 amide bonds. The normalized spacial score (nSPS) is 11.9. The van der Waals surface area contributed by atoms with Gasteiger partial charge < -0.3 is 14.9 Å². The molecule has 0 aliphatic heterocycles. The van der Waals surface area contributed by atoms with Crippen LogP contribution < -0.4 is 4.74 Å². The molecular formula is C17H18O4. The summed E-state index contributed by atoms with van der Waals surface area (Å²) in [6.07, 6.45) is 0.795. The second-order valence-electron chi connectivity index (χ2n) is 4.96. The van der Waals surface area contributed by atoms with Gasteiger partial charge in [-0.05, 0) is 48.2 Å². The van der Waals surface area contributed by atoms with Gasteiger partial charge in [0.15, 0.2) is 0 Å². The first-order valence-electron chi connectivity index (χ1n) is 6.72. The van der Waals surface area contributed by atoms with Crippen molar-refractivity contribution in [1.29, 1.82) is 0 Å². The third kappa shape index (κ3) is 4.24. The molecule has 0 heterocycles. The minimum atomic E-state index is -0.846. The number of methoxy groups -OCH3 is 1. The lowest BCUT2D eigenvalue weighted by Crippen LogP contribution is -2.19. The van der Waals surface area contributed by atoms with E-state index < -0.39 is 11.9 Å². The summed E-state index contributed by atoms with van der Waals surface area (Å²) in [5, 5.41) is 18.9. The fourth-order valence-corrected chi connectivity index (χ4v) is 2.30. The average Bonchev–Trinajstić information content (AvgIpc) is 2.47. The van der Waals surface area contributed by atoms with Crippen molar-refractivity contribution in [3.05, 3.63) is 59.7 Å². The van der Waals surface area contributed by atoms with Crippen LogP contribution in [0.5, 0.6) is 11.5 Å². The minimum Gasteiger partial charge on any atom is -0.508 e. The molecule has 21 heavy (non-hydrogen) atoms. The van der Waals surface area contributed by atoms with Crippen LogP contribution in [0, 0.1) is 5.92 Å². The van der Waals surface area contributed by atoms with Crippen LogP contribution >= 0.6 is 0 Å². The van der Waals surface area contributed by atoms with Gasteiger partial charge in [-0.25, -0.2) is 0 Å². The largest absolute Gasteiger partial charge is 0.508 e. The first-order chi connectivity index (χ1) is 10.1. The number of benzene rings is 2. The van der Waals surface area contributed by atoms with E-state index in [1.807, 2.05) is 30.3 Å². The number of hydrogen-bond acceptors (Lipinski definition) is 3. The first kappa shape index (κ1) is 14.9. The highest BCUT2D eigenvalue weighted by Crippen LogP contribution is 2.20. The van der Waals surface area contributed by atoms with Crippen molar-refractivity contribution >= 4 is 5.97 Å². The highest BCUT2D eigenvalue weighted by molar-refractivity contribution is 5.71. The number of phenolic OH excluding ortho intramolecular Hbond substituents is 1. The second kappa shape index (κ2) is 6.79. The number of carbonyl (C=O) groups is 1. The van der Waals surface area contributed by atoms with Crippen molar-refractivity contribution in [1.82, 2.24) is 0 Å². The summed E-state index contributed by atoms with van der Waals surface area (Å²) in [6.45, 7) is 0. The maximum atomic E-state index is 11.5. The first-order valence-corrected chi connectivity index (χ1v) is 6.72. The molecule has 4 heteroatoms. The third-order valence-electron chi connectivity index (χ3n) is 3.36. The maximum absolute atomic E-state index is 11.5. The molecule has 0 saturated heterocycles. The number of carboxylic acids is 1. The van der Waals surface area contributed by atoms with Crippen LogP contribution in [0.25, 0.3) is 0 Å². The average molecular weight is 286 g/mol. The van der Waals surface area contributed by atoms with Crippen molar-refractivity contribution < 1.29 is 19.7 Å². The lowest BCUT2D eigenvalue weighted by Gasteiger charge is -2.13. The minimum absolute atomic E-state index is 0.151. The molecule has 1 unspecified atom stereocenters.